The van der Waals surface area contributed by atoms with Crippen molar-refractivity contribution in [2.75, 3.05) is 0 Å². The first-order chi connectivity index (χ1) is 23.8. The maximum Gasteiger partial charge on any atom is 0.277 e. The molecule has 0 unspecified atom stereocenters. The average molecular weight is 656 g/mol. The zero-order chi connectivity index (χ0) is 35.0. The maximum atomic E-state index is 12.6. The van der Waals surface area contributed by atoms with Crippen molar-refractivity contribution in [3.05, 3.63) is 97.6 Å². The number of rotatable bonds is 10. The van der Waals surface area contributed by atoms with Crippen LogP contribution in [0.5, 0.6) is 0 Å². The molecule has 2 aliphatic heterocycles. The van der Waals surface area contributed by atoms with Gasteiger partial charge in [0.2, 0.25) is 0 Å². The number of nitro benzene ring substituents is 1. The Bertz CT molecular complexity index is 2190. The van der Waals surface area contributed by atoms with Crippen LogP contribution < -0.4 is 0 Å². The first-order valence-electron chi connectivity index (χ1n) is 18.3. The van der Waals surface area contributed by atoms with Crippen LogP contribution in [0.3, 0.4) is 0 Å². The molecule has 254 valence electrons. The standard InChI is InChI=1S/C42H49N5O2/c1-9-24-26(11-3)35-22-37-28(13-5)30(15-7)41(45-37)40(32-19-17-18-20-39(32)47(48)49)42-31(16-8)29(14-6)38(46-42)23-36-27(12-4)25(10-2)34(44-36)21-33(24)43-35/h17-23,43,45H,9-16H2,1-8H3. The van der Waals surface area contributed by atoms with Crippen LogP contribution in [0.4, 0.5) is 5.69 Å². The number of aromatic amines is 2. The molecular weight excluding hydrogens is 606 g/mol. The molecule has 0 amide bonds. The number of aryl methyl sites for hydroxylation is 4. The number of aromatic nitrogens is 4. The summed E-state index contributed by atoms with van der Waals surface area (Å²) in [6, 6.07) is 13.8. The number of hydrogen-bond donors (Lipinski definition) is 2. The van der Waals surface area contributed by atoms with Crippen LogP contribution in [-0.4, -0.2) is 24.9 Å². The molecular formula is C42H49N5O2. The lowest BCUT2D eigenvalue weighted by Gasteiger charge is -2.11. The first-order valence-corrected chi connectivity index (χ1v) is 18.3. The second-order valence-corrected chi connectivity index (χ2v) is 12.8. The number of hydrogen-bond acceptors (Lipinski definition) is 4. The van der Waals surface area contributed by atoms with Crippen LogP contribution >= 0.6 is 0 Å². The van der Waals surface area contributed by atoms with Crippen molar-refractivity contribution >= 4 is 50.0 Å². The van der Waals surface area contributed by atoms with E-state index in [2.05, 4.69) is 83.6 Å². The van der Waals surface area contributed by atoms with Crippen LogP contribution in [0.25, 0.3) is 55.5 Å². The van der Waals surface area contributed by atoms with Crippen molar-refractivity contribution in [3.63, 3.8) is 0 Å². The Labute approximate surface area is 289 Å². The summed E-state index contributed by atoms with van der Waals surface area (Å²) < 4.78 is 0. The first kappa shape index (κ1) is 34.1. The van der Waals surface area contributed by atoms with Crippen LogP contribution in [0.15, 0.2) is 42.5 Å². The van der Waals surface area contributed by atoms with Crippen LogP contribution in [0.2, 0.25) is 0 Å². The van der Waals surface area contributed by atoms with Gasteiger partial charge in [0.1, 0.15) is 0 Å². The second kappa shape index (κ2) is 14.0. The van der Waals surface area contributed by atoms with Crippen molar-refractivity contribution < 1.29 is 4.92 Å². The molecule has 2 N–H and O–H groups in total. The Balaban J connectivity index is 1.96. The monoisotopic (exact) mass is 655 g/mol. The van der Waals surface area contributed by atoms with Gasteiger partial charge in [0.05, 0.1) is 38.8 Å². The fraction of sp³-hybridized carbons (Fsp3) is 0.381. The van der Waals surface area contributed by atoms with Crippen molar-refractivity contribution in [2.45, 2.75) is 107 Å². The van der Waals surface area contributed by atoms with E-state index in [0.29, 0.717) is 5.56 Å². The molecule has 7 nitrogen and oxygen atoms in total. The molecule has 1 aromatic carbocycles. The Morgan fingerprint density at radius 1 is 0.571 bits per heavy atom. The van der Waals surface area contributed by atoms with E-state index in [4.69, 9.17) is 9.97 Å². The molecule has 2 aliphatic rings. The van der Waals surface area contributed by atoms with Gasteiger partial charge in [0.25, 0.3) is 5.69 Å². The molecule has 0 fully saturated rings. The minimum Gasteiger partial charge on any atom is -0.355 e. The lowest BCUT2D eigenvalue weighted by molar-refractivity contribution is -0.384. The molecule has 0 aliphatic carbocycles. The van der Waals surface area contributed by atoms with Crippen molar-refractivity contribution in [2.24, 2.45) is 0 Å². The third kappa shape index (κ3) is 5.63. The minimum atomic E-state index is -0.266. The summed E-state index contributed by atoms with van der Waals surface area (Å²) in [6.07, 6.45) is 6.72. The SMILES string of the molecule is CCC1=C(CC)c2cc3[nH]c(cc4[nH]c(c(CC)c4CC)c(-c4ccccc4[N+](=O)[O-])c4nc(cc1n2)C(CC)=C4CC)c(CC)c3CC. The van der Waals surface area contributed by atoms with Crippen LogP contribution in [-0.2, 0) is 25.7 Å². The largest absolute Gasteiger partial charge is 0.355 e. The van der Waals surface area contributed by atoms with Gasteiger partial charge >= 0.3 is 0 Å². The van der Waals surface area contributed by atoms with E-state index < -0.39 is 0 Å². The van der Waals surface area contributed by atoms with E-state index in [1.165, 1.54) is 39.0 Å². The molecule has 0 atom stereocenters. The van der Waals surface area contributed by atoms with Gasteiger partial charge < -0.3 is 9.97 Å². The van der Waals surface area contributed by atoms with E-state index in [1.807, 2.05) is 12.1 Å². The summed E-state index contributed by atoms with van der Waals surface area (Å²) in [5.41, 5.74) is 19.2. The number of allylic oxidation sites excluding steroid dienone is 4. The molecule has 0 spiro atoms. The molecule has 6 rings (SSSR count). The molecule has 5 heterocycles. The van der Waals surface area contributed by atoms with Crippen LogP contribution in [0, 0.1) is 10.1 Å². The molecule has 49 heavy (non-hydrogen) atoms. The lowest BCUT2D eigenvalue weighted by Crippen LogP contribution is -1.97. The Morgan fingerprint density at radius 3 is 1.63 bits per heavy atom. The van der Waals surface area contributed by atoms with E-state index in [1.54, 1.807) is 12.1 Å². The summed E-state index contributed by atoms with van der Waals surface area (Å²) in [6.45, 7) is 17.6. The van der Waals surface area contributed by atoms with Gasteiger partial charge in [-0.25, -0.2) is 9.97 Å². The minimum absolute atomic E-state index is 0.0781. The van der Waals surface area contributed by atoms with E-state index in [9.17, 15) is 10.1 Å². The Morgan fingerprint density at radius 2 is 1.06 bits per heavy atom. The quantitative estimate of drug-likeness (QED) is 0.131. The highest BCUT2D eigenvalue weighted by molar-refractivity contribution is 6.03. The van der Waals surface area contributed by atoms with E-state index in [0.717, 1.165) is 107 Å². The highest BCUT2D eigenvalue weighted by Crippen LogP contribution is 2.45. The summed E-state index contributed by atoms with van der Waals surface area (Å²) in [7, 11) is 0. The fourth-order valence-electron chi connectivity index (χ4n) is 8.30. The van der Waals surface area contributed by atoms with Gasteiger partial charge in [-0.05, 0) is 120 Å². The third-order valence-electron chi connectivity index (χ3n) is 10.5. The molecule has 3 aromatic heterocycles. The Hall–Kier alpha value is -4.78. The molecule has 8 bridgehead atoms. The number of nitro groups is 1. The van der Waals surface area contributed by atoms with Crippen molar-refractivity contribution in [3.8, 4) is 11.1 Å². The molecule has 4 aromatic rings. The highest BCUT2D eigenvalue weighted by Gasteiger charge is 2.28. The Kier molecular flexibility index (Phi) is 9.73. The van der Waals surface area contributed by atoms with Gasteiger partial charge in [-0.15, -0.1) is 0 Å². The summed E-state index contributed by atoms with van der Waals surface area (Å²) in [4.78, 5) is 30.8. The number of benzene rings is 1. The summed E-state index contributed by atoms with van der Waals surface area (Å²) >= 11 is 0. The van der Waals surface area contributed by atoms with E-state index >= 15 is 0 Å². The van der Waals surface area contributed by atoms with Crippen molar-refractivity contribution in [1.82, 2.24) is 19.9 Å². The maximum absolute atomic E-state index is 12.6. The number of H-pyrrole nitrogens is 2. The zero-order valence-corrected chi connectivity index (χ0v) is 30.4. The van der Waals surface area contributed by atoms with E-state index in [-0.39, 0.29) is 10.6 Å². The summed E-state index contributed by atoms with van der Waals surface area (Å²) in [5.74, 6) is 0. The van der Waals surface area contributed by atoms with Gasteiger partial charge in [-0.2, -0.15) is 0 Å². The second-order valence-electron chi connectivity index (χ2n) is 12.8. The fourth-order valence-corrected chi connectivity index (χ4v) is 8.30. The third-order valence-corrected chi connectivity index (χ3v) is 10.5. The smallest absolute Gasteiger partial charge is 0.277 e. The average Bonchev–Trinajstić information content (AvgIpc) is 3.84. The molecule has 7 heteroatoms. The highest BCUT2D eigenvalue weighted by atomic mass is 16.6. The summed E-state index contributed by atoms with van der Waals surface area (Å²) in [5, 5.41) is 12.6. The number of nitrogens with zero attached hydrogens (tertiary/aromatic N) is 3. The van der Waals surface area contributed by atoms with Crippen LogP contribution in [0.1, 0.15) is 126 Å². The molecule has 0 saturated heterocycles. The van der Waals surface area contributed by atoms with Gasteiger partial charge in [-0.1, -0.05) is 67.5 Å². The number of nitrogens with one attached hydrogen (secondary N) is 2. The molecule has 0 radical (unpaired) electrons. The predicted octanol–water partition coefficient (Wildman–Crippen LogP) is 11.6. The zero-order valence-electron chi connectivity index (χ0n) is 30.4. The van der Waals surface area contributed by atoms with Crippen molar-refractivity contribution in [1.29, 1.82) is 0 Å². The van der Waals surface area contributed by atoms with Gasteiger partial charge in [0.15, 0.2) is 0 Å². The van der Waals surface area contributed by atoms with Gasteiger partial charge in [-0.3, -0.25) is 10.1 Å². The topological polar surface area (TPSA) is 100 Å². The lowest BCUT2D eigenvalue weighted by atomic mass is 9.92. The number of fused-ring (bicyclic) bond motifs is 8. The van der Waals surface area contributed by atoms with Gasteiger partial charge in [0, 0.05) is 28.2 Å². The number of para-hydroxylation sites is 1. The molecule has 0 saturated carbocycles. The predicted molar refractivity (Wildman–Crippen MR) is 205 cm³/mol. The normalized spacial score (nSPS) is 13.1.